The number of carbonyl (C=O) groups excluding carboxylic acids is 1. The number of aryl methyl sites for hydroxylation is 1. The van der Waals surface area contributed by atoms with E-state index in [2.05, 4.69) is 20.4 Å². The minimum atomic E-state index is -2.68. The number of halogens is 2. The van der Waals surface area contributed by atoms with E-state index in [4.69, 9.17) is 15.3 Å². The number of carbonyl (C=O) groups is 1. The smallest absolute Gasteiger partial charge is 0.274 e. The number of rotatable bonds is 7. The lowest BCUT2D eigenvalue weighted by molar-refractivity contribution is -0.0925. The van der Waals surface area contributed by atoms with E-state index in [9.17, 15) is 13.6 Å². The van der Waals surface area contributed by atoms with Gasteiger partial charge in [0.05, 0.1) is 12.1 Å². The van der Waals surface area contributed by atoms with Crippen molar-refractivity contribution in [3.8, 4) is 11.4 Å². The minimum absolute atomic E-state index is 0.187. The first-order chi connectivity index (χ1) is 16.8. The fourth-order valence-corrected chi connectivity index (χ4v) is 4.04. The van der Waals surface area contributed by atoms with E-state index in [1.165, 1.54) is 6.20 Å². The third kappa shape index (κ3) is 4.20. The van der Waals surface area contributed by atoms with Crippen LogP contribution in [0.15, 0.2) is 47.2 Å². The second kappa shape index (κ2) is 8.49. The van der Waals surface area contributed by atoms with E-state index in [-0.39, 0.29) is 30.3 Å². The number of hydrogen-bond acceptors (Lipinski definition) is 7. The van der Waals surface area contributed by atoms with Crippen LogP contribution in [0.5, 0.6) is 0 Å². The number of pyridine rings is 1. The average Bonchev–Trinajstić information content (AvgIpc) is 3.47. The molecule has 3 aromatic heterocycles. The molecular formula is C24H21F2N7O2. The van der Waals surface area contributed by atoms with E-state index >= 15 is 0 Å². The van der Waals surface area contributed by atoms with Crippen LogP contribution in [0.4, 0.5) is 14.5 Å². The predicted octanol–water partition coefficient (Wildman–Crippen LogP) is 4.84. The van der Waals surface area contributed by atoms with Gasteiger partial charge in [-0.15, -0.1) is 0 Å². The van der Waals surface area contributed by atoms with E-state index in [0.29, 0.717) is 22.5 Å². The normalized spacial score (nSPS) is 16.0. The monoisotopic (exact) mass is 477 g/mol. The van der Waals surface area contributed by atoms with Crippen molar-refractivity contribution in [3.05, 3.63) is 65.4 Å². The molecule has 0 radical (unpaired) electrons. The van der Waals surface area contributed by atoms with Crippen LogP contribution in [-0.2, 0) is 0 Å². The van der Waals surface area contributed by atoms with Gasteiger partial charge in [0, 0.05) is 48.6 Å². The highest BCUT2D eigenvalue weighted by Crippen LogP contribution is 2.48. The summed E-state index contributed by atoms with van der Waals surface area (Å²) in [5.41, 5.74) is 3.42. The van der Waals surface area contributed by atoms with Crippen molar-refractivity contribution in [3.63, 3.8) is 0 Å². The Balaban J connectivity index is 1.40. The third-order valence-corrected chi connectivity index (χ3v) is 6.13. The minimum Gasteiger partial charge on any atom is -0.339 e. The molecule has 178 valence electrons. The molecule has 0 spiro atoms. The lowest BCUT2D eigenvalue weighted by atomic mass is 9.81. The number of benzene rings is 1. The molecule has 4 aromatic rings. The molecule has 3 heterocycles. The molecule has 0 unspecified atom stereocenters. The number of nitrogens with one attached hydrogen (secondary N) is 3. The fourth-order valence-electron chi connectivity index (χ4n) is 4.04. The van der Waals surface area contributed by atoms with Crippen molar-refractivity contribution in [2.45, 2.75) is 37.5 Å². The van der Waals surface area contributed by atoms with E-state index in [0.717, 1.165) is 18.0 Å². The van der Waals surface area contributed by atoms with Crippen LogP contribution < -0.4 is 5.32 Å². The molecule has 35 heavy (non-hydrogen) atoms. The van der Waals surface area contributed by atoms with Crippen LogP contribution in [0, 0.1) is 17.7 Å². The van der Waals surface area contributed by atoms with Gasteiger partial charge in [0.2, 0.25) is 17.6 Å². The standard InChI is InChI=1S/C24H21F2N7O2/c1-13-2-3-14(21-31-23(35-32-21)16-7-24(25,26)8-16)6-18(13)30-22(34)19-11-29-20-5-4-15(12-33(19)20)17(9-27)10-28/h2-6,9-12,16-17,27-28H,7-8H2,1H3,(H,30,34). The Morgan fingerprint density at radius 2 is 2.03 bits per heavy atom. The molecule has 11 heteroatoms. The molecule has 0 atom stereocenters. The summed E-state index contributed by atoms with van der Waals surface area (Å²) in [4.78, 5) is 21.7. The van der Waals surface area contributed by atoms with Gasteiger partial charge in [-0.2, -0.15) is 4.98 Å². The fraction of sp³-hybridized carbons (Fsp3) is 0.250. The van der Waals surface area contributed by atoms with Crippen molar-refractivity contribution >= 4 is 29.7 Å². The van der Waals surface area contributed by atoms with Crippen molar-refractivity contribution < 1.29 is 18.1 Å². The Morgan fingerprint density at radius 3 is 2.74 bits per heavy atom. The predicted molar refractivity (Wildman–Crippen MR) is 125 cm³/mol. The third-order valence-electron chi connectivity index (χ3n) is 6.13. The van der Waals surface area contributed by atoms with Gasteiger partial charge in [0.15, 0.2) is 0 Å². The summed E-state index contributed by atoms with van der Waals surface area (Å²) in [7, 11) is 0. The second-order valence-electron chi connectivity index (χ2n) is 8.59. The first kappa shape index (κ1) is 22.5. The molecular weight excluding hydrogens is 456 g/mol. The topological polar surface area (TPSA) is 133 Å². The second-order valence-corrected chi connectivity index (χ2v) is 8.59. The summed E-state index contributed by atoms with van der Waals surface area (Å²) >= 11 is 0. The van der Waals surface area contributed by atoms with Gasteiger partial charge < -0.3 is 20.7 Å². The number of amides is 1. The maximum atomic E-state index is 13.2. The summed E-state index contributed by atoms with van der Waals surface area (Å²) in [6.07, 6.45) is 4.85. The molecule has 0 bridgehead atoms. The molecule has 1 aromatic carbocycles. The molecule has 1 amide bonds. The van der Waals surface area contributed by atoms with Crippen LogP contribution in [0.25, 0.3) is 17.0 Å². The summed E-state index contributed by atoms with van der Waals surface area (Å²) in [6.45, 7) is 1.84. The van der Waals surface area contributed by atoms with Crippen molar-refractivity contribution in [1.29, 1.82) is 10.8 Å². The SMILES string of the molecule is Cc1ccc(-c2noc(C3CC(F)(F)C3)n2)cc1NC(=O)c1cnc2ccc(C(C=N)C=N)cn12. The zero-order valence-corrected chi connectivity index (χ0v) is 18.6. The summed E-state index contributed by atoms with van der Waals surface area (Å²) in [5.74, 6) is -3.58. The molecule has 0 aliphatic heterocycles. The van der Waals surface area contributed by atoms with E-state index in [1.54, 1.807) is 40.9 Å². The number of hydrogen-bond donors (Lipinski definition) is 3. The lowest BCUT2D eigenvalue weighted by Gasteiger charge is -2.31. The van der Waals surface area contributed by atoms with Crippen LogP contribution >= 0.6 is 0 Å². The summed E-state index contributed by atoms with van der Waals surface area (Å²) < 4.78 is 33.2. The molecule has 0 saturated heterocycles. The highest BCUT2D eigenvalue weighted by molar-refractivity contribution is 6.04. The lowest BCUT2D eigenvalue weighted by Crippen LogP contribution is -2.33. The van der Waals surface area contributed by atoms with Crippen molar-refractivity contribution in [1.82, 2.24) is 19.5 Å². The molecule has 1 aliphatic rings. The Hall–Kier alpha value is -4.28. The van der Waals surface area contributed by atoms with Crippen LogP contribution in [0.3, 0.4) is 0 Å². The quantitative estimate of drug-likeness (QED) is 0.328. The first-order valence-corrected chi connectivity index (χ1v) is 10.9. The first-order valence-electron chi connectivity index (χ1n) is 10.9. The molecule has 1 fully saturated rings. The molecule has 1 saturated carbocycles. The van der Waals surface area contributed by atoms with Gasteiger partial charge >= 0.3 is 0 Å². The zero-order chi connectivity index (χ0) is 24.7. The van der Waals surface area contributed by atoms with Gasteiger partial charge in [0.1, 0.15) is 11.3 Å². The summed E-state index contributed by atoms with van der Waals surface area (Å²) in [6, 6.07) is 8.76. The van der Waals surface area contributed by atoms with Gasteiger partial charge in [-0.05, 0) is 30.2 Å². The Morgan fingerprint density at radius 1 is 1.26 bits per heavy atom. The van der Waals surface area contributed by atoms with Gasteiger partial charge in [-0.3, -0.25) is 9.20 Å². The molecule has 1 aliphatic carbocycles. The van der Waals surface area contributed by atoms with Crippen LogP contribution in [0.1, 0.15) is 52.2 Å². The number of imidazole rings is 1. The Labute approximate surface area is 198 Å². The number of alkyl halides is 2. The zero-order valence-electron chi connectivity index (χ0n) is 18.6. The maximum Gasteiger partial charge on any atom is 0.274 e. The van der Waals surface area contributed by atoms with Gasteiger partial charge in [-0.1, -0.05) is 23.4 Å². The molecule has 9 nitrogen and oxygen atoms in total. The van der Waals surface area contributed by atoms with Crippen molar-refractivity contribution in [2.24, 2.45) is 0 Å². The molecule has 3 N–H and O–H groups in total. The number of nitrogens with zero attached hydrogens (tertiary/aromatic N) is 4. The number of anilines is 1. The Kier molecular flexibility index (Phi) is 5.46. The van der Waals surface area contributed by atoms with Crippen LogP contribution in [-0.4, -0.2) is 43.8 Å². The number of aromatic nitrogens is 4. The van der Waals surface area contributed by atoms with E-state index < -0.39 is 23.7 Å². The summed E-state index contributed by atoms with van der Waals surface area (Å²) in [5, 5.41) is 21.8. The van der Waals surface area contributed by atoms with E-state index in [1.807, 2.05) is 6.92 Å². The highest BCUT2D eigenvalue weighted by atomic mass is 19.3. The van der Waals surface area contributed by atoms with Gasteiger partial charge in [-0.25, -0.2) is 13.8 Å². The van der Waals surface area contributed by atoms with Crippen LogP contribution in [0.2, 0.25) is 0 Å². The molecule has 5 rings (SSSR count). The number of fused-ring (bicyclic) bond motifs is 1. The van der Waals surface area contributed by atoms with Gasteiger partial charge in [0.25, 0.3) is 5.91 Å². The average molecular weight is 477 g/mol. The largest absolute Gasteiger partial charge is 0.339 e. The van der Waals surface area contributed by atoms with Crippen molar-refractivity contribution in [2.75, 3.05) is 5.32 Å². The highest BCUT2D eigenvalue weighted by Gasteiger charge is 2.48. The Bertz CT molecular complexity index is 1440. The maximum absolute atomic E-state index is 13.2.